The Bertz CT molecular complexity index is 1380. The van der Waals surface area contributed by atoms with Gasteiger partial charge in [0.05, 0.1) is 18.8 Å². The van der Waals surface area contributed by atoms with Crippen LogP contribution in [0.15, 0.2) is 11.6 Å². The molecule has 10 nitrogen and oxygen atoms in total. The Morgan fingerprint density at radius 1 is 1.02 bits per heavy atom. The number of hydrogen-bond donors (Lipinski definition) is 4. The third-order valence-electron chi connectivity index (χ3n) is 15.6. The van der Waals surface area contributed by atoms with Crippen LogP contribution in [0.1, 0.15) is 100 Å². The Kier molecular flexibility index (Phi) is 6.90. The monoisotopic (exact) mass is 660 g/mol. The van der Waals surface area contributed by atoms with Gasteiger partial charge >= 0.3 is 5.97 Å². The molecule has 0 radical (unpaired) electrons. The summed E-state index contributed by atoms with van der Waals surface area (Å²) < 4.78 is 31.8. The van der Waals surface area contributed by atoms with Crippen LogP contribution in [0.2, 0.25) is 0 Å². The average Bonchev–Trinajstić information content (AvgIpc) is 3.49. The number of ether oxygens (including phenoxy) is 5. The van der Waals surface area contributed by atoms with Crippen molar-refractivity contribution in [3.63, 3.8) is 0 Å². The van der Waals surface area contributed by atoms with Gasteiger partial charge in [0.2, 0.25) is 0 Å². The number of aliphatic hydroxyl groups is 4. The van der Waals surface area contributed by atoms with Crippen molar-refractivity contribution in [2.45, 2.75) is 161 Å². The largest absolute Gasteiger partial charge is 0.457 e. The van der Waals surface area contributed by atoms with Crippen LogP contribution in [0.3, 0.4) is 0 Å². The predicted octanol–water partition coefficient (Wildman–Crippen LogP) is 3.61. The first-order chi connectivity index (χ1) is 21.8. The summed E-state index contributed by atoms with van der Waals surface area (Å²) in [4.78, 5) is 12.1. The standard InChI is InChI=1S/C37H56O10/c1-18-15-21-28(32(5,6)45-19(2)38)47-37(46-21)27(18)33(7)13-14-36-17-35(36)12-11-24(44-29-26(41)25(40)20(39)16-43-29)31(3,4)22(35)9-10-23(36)34(33,8)30(37)42/h10,18,20-22,24-30,39-42H,9,11-17H2,1-8H3. The lowest BCUT2D eigenvalue weighted by Crippen LogP contribution is -2.58. The second-order valence-electron chi connectivity index (χ2n) is 18.4. The van der Waals surface area contributed by atoms with Gasteiger partial charge in [0.25, 0.3) is 0 Å². The Morgan fingerprint density at radius 2 is 1.74 bits per heavy atom. The second kappa shape index (κ2) is 9.81. The quantitative estimate of drug-likeness (QED) is 0.261. The summed E-state index contributed by atoms with van der Waals surface area (Å²) in [6.45, 7) is 16.6. The molecule has 3 saturated heterocycles. The van der Waals surface area contributed by atoms with Gasteiger partial charge in [-0.15, -0.1) is 0 Å². The van der Waals surface area contributed by atoms with Gasteiger partial charge in [-0.1, -0.05) is 46.3 Å². The molecule has 16 atom stereocenters. The van der Waals surface area contributed by atoms with Gasteiger partial charge in [0.1, 0.15) is 36.1 Å². The highest BCUT2D eigenvalue weighted by atomic mass is 16.8. The van der Waals surface area contributed by atoms with E-state index >= 15 is 0 Å². The Hall–Kier alpha value is -1.11. The van der Waals surface area contributed by atoms with E-state index in [2.05, 4.69) is 40.7 Å². The lowest BCUT2D eigenvalue weighted by molar-refractivity contribution is -0.300. The molecule has 0 amide bonds. The van der Waals surface area contributed by atoms with E-state index in [0.717, 1.165) is 44.9 Å². The summed E-state index contributed by atoms with van der Waals surface area (Å²) in [5.74, 6) is -0.922. The van der Waals surface area contributed by atoms with Crippen LogP contribution in [0.5, 0.6) is 0 Å². The van der Waals surface area contributed by atoms with E-state index in [9.17, 15) is 25.2 Å². The molecule has 4 saturated carbocycles. The fourth-order valence-corrected chi connectivity index (χ4v) is 13.5. The minimum absolute atomic E-state index is 0.00363. The number of fused-ring (bicyclic) bond motifs is 4. The third kappa shape index (κ3) is 3.83. The molecule has 264 valence electrons. The van der Waals surface area contributed by atoms with Gasteiger partial charge in [-0.3, -0.25) is 4.79 Å². The number of allylic oxidation sites excluding steroid dienone is 1. The number of rotatable bonds is 4. The maximum atomic E-state index is 12.8. The molecule has 0 aromatic carbocycles. The van der Waals surface area contributed by atoms with E-state index in [4.69, 9.17) is 23.7 Å². The molecule has 3 heterocycles. The molecule has 4 N–H and O–H groups in total. The van der Waals surface area contributed by atoms with Crippen LogP contribution in [0.4, 0.5) is 0 Å². The minimum Gasteiger partial charge on any atom is -0.457 e. The van der Waals surface area contributed by atoms with Crippen molar-refractivity contribution >= 4 is 5.97 Å². The molecule has 3 aliphatic heterocycles. The van der Waals surface area contributed by atoms with Gasteiger partial charge in [0, 0.05) is 18.3 Å². The smallest absolute Gasteiger partial charge is 0.303 e. The molecule has 8 aliphatic rings. The van der Waals surface area contributed by atoms with E-state index in [-0.39, 0.29) is 58.3 Å². The second-order valence-corrected chi connectivity index (χ2v) is 18.4. The average molecular weight is 661 g/mol. The zero-order chi connectivity index (χ0) is 33.9. The van der Waals surface area contributed by atoms with E-state index in [1.807, 2.05) is 13.8 Å². The third-order valence-corrected chi connectivity index (χ3v) is 15.6. The lowest BCUT2D eigenvalue weighted by Gasteiger charge is -2.60. The predicted molar refractivity (Wildman–Crippen MR) is 168 cm³/mol. The molecular formula is C37H56O10. The molecule has 0 aromatic rings. The highest BCUT2D eigenvalue weighted by Crippen LogP contribution is 2.89. The topological polar surface area (TPSA) is 144 Å². The van der Waals surface area contributed by atoms with Gasteiger partial charge in [-0.25, -0.2) is 0 Å². The van der Waals surface area contributed by atoms with Crippen molar-refractivity contribution in [3.05, 3.63) is 11.6 Å². The van der Waals surface area contributed by atoms with E-state index in [1.54, 1.807) is 0 Å². The summed E-state index contributed by atoms with van der Waals surface area (Å²) in [6.07, 6.45) is 2.55. The van der Waals surface area contributed by atoms with Gasteiger partial charge < -0.3 is 44.1 Å². The van der Waals surface area contributed by atoms with E-state index in [0.29, 0.717) is 5.92 Å². The molecule has 10 heteroatoms. The maximum absolute atomic E-state index is 12.8. The number of esters is 1. The Morgan fingerprint density at radius 3 is 2.45 bits per heavy atom. The van der Waals surface area contributed by atoms with Crippen LogP contribution in [0.25, 0.3) is 0 Å². The first kappa shape index (κ1) is 33.1. The summed E-state index contributed by atoms with van der Waals surface area (Å²) in [5, 5.41) is 43.6. The van der Waals surface area contributed by atoms with Crippen molar-refractivity contribution in [1.82, 2.24) is 0 Å². The normalized spacial score (nSPS) is 57.1. The van der Waals surface area contributed by atoms with Crippen LogP contribution >= 0.6 is 0 Å². The molecule has 47 heavy (non-hydrogen) atoms. The molecular weight excluding hydrogens is 604 g/mol. The molecule has 3 spiro atoms. The highest BCUT2D eigenvalue weighted by molar-refractivity contribution is 5.66. The van der Waals surface area contributed by atoms with Crippen molar-refractivity contribution in [2.75, 3.05) is 6.61 Å². The lowest BCUT2D eigenvalue weighted by atomic mass is 9.44. The summed E-state index contributed by atoms with van der Waals surface area (Å²) in [5.41, 5.74) is -0.442. The van der Waals surface area contributed by atoms with Crippen LogP contribution in [0, 0.1) is 44.8 Å². The van der Waals surface area contributed by atoms with Crippen LogP contribution < -0.4 is 0 Å². The zero-order valence-corrected chi connectivity index (χ0v) is 29.3. The number of aliphatic hydroxyl groups excluding tert-OH is 4. The Labute approximate surface area is 278 Å². The van der Waals surface area contributed by atoms with Crippen molar-refractivity contribution < 1.29 is 48.9 Å². The first-order valence-corrected chi connectivity index (χ1v) is 18.1. The van der Waals surface area contributed by atoms with Crippen molar-refractivity contribution in [2.24, 2.45) is 44.8 Å². The molecule has 8 rings (SSSR count). The van der Waals surface area contributed by atoms with Gasteiger partial charge in [-0.2, -0.15) is 0 Å². The summed E-state index contributed by atoms with van der Waals surface area (Å²) in [7, 11) is 0. The van der Waals surface area contributed by atoms with E-state index in [1.165, 1.54) is 12.5 Å². The van der Waals surface area contributed by atoms with Crippen molar-refractivity contribution in [1.29, 1.82) is 0 Å². The molecule has 7 fully saturated rings. The van der Waals surface area contributed by atoms with Crippen molar-refractivity contribution in [3.8, 4) is 0 Å². The fraction of sp³-hybridized carbons (Fsp3) is 0.919. The zero-order valence-electron chi connectivity index (χ0n) is 29.3. The maximum Gasteiger partial charge on any atom is 0.303 e. The number of carbonyl (C=O) groups excluding carboxylic acids is 1. The molecule has 0 aromatic heterocycles. The summed E-state index contributed by atoms with van der Waals surface area (Å²) >= 11 is 0. The highest BCUT2D eigenvalue weighted by Gasteiger charge is 2.86. The molecule has 2 bridgehead atoms. The summed E-state index contributed by atoms with van der Waals surface area (Å²) in [6, 6.07) is 0. The fourth-order valence-electron chi connectivity index (χ4n) is 13.5. The van der Waals surface area contributed by atoms with Crippen LogP contribution in [-0.4, -0.2) is 93.4 Å². The minimum atomic E-state index is -1.31. The van der Waals surface area contributed by atoms with Gasteiger partial charge in [-0.05, 0) is 92.3 Å². The van der Waals surface area contributed by atoms with E-state index < -0.39 is 53.6 Å². The molecule has 5 aliphatic carbocycles. The first-order valence-electron chi connectivity index (χ1n) is 18.1. The van der Waals surface area contributed by atoms with Gasteiger partial charge in [0.15, 0.2) is 12.1 Å². The number of hydrogen-bond acceptors (Lipinski definition) is 10. The number of carbonyl (C=O) groups is 1. The SMILES string of the molecule is CC(=O)OC(C)(C)C1OC23OC1CC(C)C2C1(C)CCC24CC25CCC(OC2OCC(O)C(O)C2O)C(C)(C)C5CC=C4C1(C)C3O. The van der Waals surface area contributed by atoms with Crippen LogP contribution in [-0.2, 0) is 28.5 Å². The molecule has 16 unspecified atom stereocenters. The Balaban J connectivity index is 1.12.